The second-order valence-electron chi connectivity index (χ2n) is 4.87. The van der Waals surface area contributed by atoms with Crippen molar-refractivity contribution in [3.63, 3.8) is 0 Å². The molecule has 0 spiro atoms. The quantitative estimate of drug-likeness (QED) is 0.886. The second kappa shape index (κ2) is 5.55. The molecule has 1 radical (unpaired) electrons. The molecule has 0 bridgehead atoms. The monoisotopic (exact) mass is 258 g/mol. The Kier molecular flexibility index (Phi) is 4.05. The highest BCUT2D eigenvalue weighted by Crippen LogP contribution is 2.20. The summed E-state index contributed by atoms with van der Waals surface area (Å²) in [5, 5.41) is 0.735. The van der Waals surface area contributed by atoms with Gasteiger partial charge in [-0.25, -0.2) is 0 Å². The topological polar surface area (TPSA) is 26.0 Å². The van der Waals surface area contributed by atoms with E-state index in [2.05, 4.69) is 18.6 Å². The fourth-order valence-corrected chi connectivity index (χ4v) is 2.26. The lowest BCUT2D eigenvalue weighted by atomic mass is 9.87. The number of halogens is 1. The van der Waals surface area contributed by atoms with E-state index in [4.69, 9.17) is 17.3 Å². The average Bonchev–Trinajstić information content (AvgIpc) is 2.28. The third-order valence-electron chi connectivity index (χ3n) is 2.77. The summed E-state index contributed by atoms with van der Waals surface area (Å²) in [6.45, 7) is 2.03. The zero-order valence-corrected chi connectivity index (χ0v) is 11.2. The molecule has 0 fully saturated rings. The molecule has 2 aromatic carbocycles. The minimum Gasteiger partial charge on any atom is -0.324 e. The summed E-state index contributed by atoms with van der Waals surface area (Å²) in [6.07, 6.45) is 2.87. The molecule has 0 saturated carbocycles. The second-order valence-corrected chi connectivity index (χ2v) is 5.30. The van der Waals surface area contributed by atoms with E-state index in [1.54, 1.807) is 0 Å². The van der Waals surface area contributed by atoms with Gasteiger partial charge in [0.15, 0.2) is 0 Å². The van der Waals surface area contributed by atoms with Crippen LogP contribution in [0.1, 0.15) is 18.1 Å². The fourth-order valence-electron chi connectivity index (χ4n) is 2.06. The maximum Gasteiger partial charge on any atom is 0.0408 e. The highest BCUT2D eigenvalue weighted by atomic mass is 35.5. The van der Waals surface area contributed by atoms with Crippen LogP contribution in [0.4, 0.5) is 0 Å². The molecule has 2 heteroatoms. The maximum atomic E-state index is 6.33. The molecule has 18 heavy (non-hydrogen) atoms. The molecule has 1 nitrogen and oxygen atoms in total. The number of rotatable bonds is 4. The largest absolute Gasteiger partial charge is 0.324 e. The normalized spacial score (nSPS) is 14.2. The molecule has 0 aliphatic heterocycles. The van der Waals surface area contributed by atoms with Crippen LogP contribution in [0.2, 0.25) is 5.02 Å². The van der Waals surface area contributed by atoms with E-state index < -0.39 is 0 Å². The molecule has 0 aliphatic rings. The van der Waals surface area contributed by atoms with Crippen molar-refractivity contribution in [3.05, 3.63) is 77.2 Å². The average molecular weight is 259 g/mol. The molecule has 0 saturated heterocycles. The van der Waals surface area contributed by atoms with Gasteiger partial charge < -0.3 is 5.73 Å². The van der Waals surface area contributed by atoms with Crippen molar-refractivity contribution in [1.29, 1.82) is 0 Å². The van der Waals surface area contributed by atoms with Gasteiger partial charge in [0.25, 0.3) is 0 Å². The van der Waals surface area contributed by atoms with Gasteiger partial charge in [-0.1, -0.05) is 54.1 Å². The van der Waals surface area contributed by atoms with Crippen LogP contribution in [0.3, 0.4) is 0 Å². The number of hydrogen-bond acceptors (Lipinski definition) is 1. The van der Waals surface area contributed by atoms with Crippen LogP contribution in [0, 0.1) is 6.42 Å². The van der Waals surface area contributed by atoms with E-state index in [0.717, 1.165) is 17.0 Å². The van der Waals surface area contributed by atoms with Crippen LogP contribution in [-0.4, -0.2) is 5.54 Å². The molecule has 1 unspecified atom stereocenters. The van der Waals surface area contributed by atoms with Crippen molar-refractivity contribution in [1.82, 2.24) is 0 Å². The molecular weight excluding hydrogens is 242 g/mol. The molecule has 2 rings (SSSR count). The van der Waals surface area contributed by atoms with Crippen LogP contribution in [0.5, 0.6) is 0 Å². The summed E-state index contributed by atoms with van der Waals surface area (Å²) < 4.78 is 0. The lowest BCUT2D eigenvalue weighted by molar-refractivity contribution is 0.548. The number of nitrogens with two attached hydrogens (primary N) is 1. The van der Waals surface area contributed by atoms with Crippen molar-refractivity contribution >= 4 is 11.6 Å². The van der Waals surface area contributed by atoms with E-state index in [1.807, 2.05) is 49.4 Å². The van der Waals surface area contributed by atoms with Gasteiger partial charge in [-0.2, -0.15) is 0 Å². The molecule has 0 heterocycles. The predicted molar refractivity (Wildman–Crippen MR) is 77.6 cm³/mol. The minimum absolute atomic E-state index is 0.383. The van der Waals surface area contributed by atoms with Gasteiger partial charge in [-0.3, -0.25) is 0 Å². The number of benzene rings is 2. The lowest BCUT2D eigenvalue weighted by Gasteiger charge is -2.24. The molecule has 93 valence electrons. The van der Waals surface area contributed by atoms with E-state index in [-0.39, 0.29) is 5.54 Å². The summed E-state index contributed by atoms with van der Waals surface area (Å²) in [6, 6.07) is 18.0. The van der Waals surface area contributed by atoms with Gasteiger partial charge in [0.05, 0.1) is 0 Å². The fraction of sp³-hybridized carbons (Fsp3) is 0.188. The van der Waals surface area contributed by atoms with Crippen LogP contribution in [0.25, 0.3) is 0 Å². The van der Waals surface area contributed by atoms with Gasteiger partial charge in [0.1, 0.15) is 0 Å². The zero-order chi connectivity index (χ0) is 13.0. The number of hydrogen-bond donors (Lipinski definition) is 1. The SMILES string of the molecule is CC(N)([CH]c1cccc(Cl)c1)Cc1ccccc1. The van der Waals surface area contributed by atoms with Gasteiger partial charge in [0.2, 0.25) is 0 Å². The molecular formula is C16H17ClN. The van der Waals surface area contributed by atoms with Crippen LogP contribution < -0.4 is 5.73 Å². The first-order valence-electron chi connectivity index (χ1n) is 5.99. The van der Waals surface area contributed by atoms with Crippen LogP contribution in [-0.2, 0) is 6.42 Å². The minimum atomic E-state index is -0.383. The van der Waals surface area contributed by atoms with Gasteiger partial charge >= 0.3 is 0 Å². The van der Waals surface area contributed by atoms with Crippen molar-refractivity contribution in [2.24, 2.45) is 5.73 Å². The molecule has 2 aromatic rings. The molecule has 0 aliphatic carbocycles. The maximum absolute atomic E-state index is 6.33. The summed E-state index contributed by atoms with van der Waals surface area (Å²) in [4.78, 5) is 0. The van der Waals surface area contributed by atoms with Crippen molar-refractivity contribution in [2.75, 3.05) is 0 Å². The first-order valence-corrected chi connectivity index (χ1v) is 6.37. The molecule has 0 aromatic heterocycles. The smallest absolute Gasteiger partial charge is 0.0408 e. The predicted octanol–water partition coefficient (Wildman–Crippen LogP) is 3.85. The summed E-state index contributed by atoms with van der Waals surface area (Å²) in [7, 11) is 0. The van der Waals surface area contributed by atoms with Crippen LogP contribution in [0.15, 0.2) is 54.6 Å². The zero-order valence-electron chi connectivity index (χ0n) is 10.4. The van der Waals surface area contributed by atoms with Gasteiger partial charge in [0, 0.05) is 17.0 Å². The highest BCUT2D eigenvalue weighted by Gasteiger charge is 2.20. The standard InChI is InChI=1S/C16H17ClN/c1-16(18,11-13-6-3-2-4-7-13)12-14-8-5-9-15(17)10-14/h2-10,12H,11,18H2,1H3. The third-order valence-corrected chi connectivity index (χ3v) is 3.01. The van der Waals surface area contributed by atoms with E-state index in [1.165, 1.54) is 5.56 Å². The lowest BCUT2D eigenvalue weighted by Crippen LogP contribution is -2.39. The first-order chi connectivity index (χ1) is 8.55. The Bertz CT molecular complexity index is 506. The Balaban J connectivity index is 2.07. The van der Waals surface area contributed by atoms with Crippen molar-refractivity contribution < 1.29 is 0 Å². The van der Waals surface area contributed by atoms with Gasteiger partial charge in [-0.05, 0) is 36.6 Å². The Hall–Kier alpha value is -1.31. The summed E-state index contributed by atoms with van der Waals surface area (Å²) in [5.74, 6) is 0. The van der Waals surface area contributed by atoms with Gasteiger partial charge in [-0.15, -0.1) is 0 Å². The molecule has 1 atom stereocenters. The van der Waals surface area contributed by atoms with E-state index in [0.29, 0.717) is 0 Å². The summed E-state index contributed by atoms with van der Waals surface area (Å²) in [5.41, 5.74) is 8.24. The Morgan fingerprint density at radius 1 is 1.11 bits per heavy atom. The summed E-state index contributed by atoms with van der Waals surface area (Å²) >= 11 is 5.97. The van der Waals surface area contributed by atoms with Crippen molar-refractivity contribution in [2.45, 2.75) is 18.9 Å². The Morgan fingerprint density at radius 3 is 2.50 bits per heavy atom. The highest BCUT2D eigenvalue weighted by molar-refractivity contribution is 6.30. The Labute approximate surface area is 114 Å². The van der Waals surface area contributed by atoms with Crippen LogP contribution >= 0.6 is 11.6 Å². The third kappa shape index (κ3) is 3.86. The van der Waals surface area contributed by atoms with E-state index >= 15 is 0 Å². The molecule has 2 N–H and O–H groups in total. The molecule has 0 amide bonds. The Morgan fingerprint density at radius 2 is 1.83 bits per heavy atom. The van der Waals surface area contributed by atoms with Crippen molar-refractivity contribution in [3.8, 4) is 0 Å². The van der Waals surface area contributed by atoms with E-state index in [9.17, 15) is 0 Å². The first kappa shape index (κ1) is 13.1.